The van der Waals surface area contributed by atoms with E-state index < -0.39 is 10.0 Å². The van der Waals surface area contributed by atoms with Crippen molar-refractivity contribution in [1.82, 2.24) is 24.2 Å². The molecule has 2 saturated heterocycles. The highest BCUT2D eigenvalue weighted by molar-refractivity contribution is 7.89. The highest BCUT2D eigenvalue weighted by atomic mass is 32.2. The molecule has 0 aliphatic carbocycles. The van der Waals surface area contributed by atoms with Crippen LogP contribution in [0.5, 0.6) is 0 Å². The van der Waals surface area contributed by atoms with Crippen LogP contribution in [0.25, 0.3) is 0 Å². The number of rotatable bonds is 6. The Hall–Kier alpha value is -1.82. The zero-order chi connectivity index (χ0) is 21.3. The number of nitrogens with zero attached hydrogens (tertiary/aromatic N) is 5. The molecule has 11 heteroatoms. The summed E-state index contributed by atoms with van der Waals surface area (Å²) in [5.74, 6) is 1.36. The second-order valence-corrected chi connectivity index (χ2v) is 9.87. The first-order chi connectivity index (χ1) is 14.4. The van der Waals surface area contributed by atoms with Crippen molar-refractivity contribution in [3.63, 3.8) is 0 Å². The lowest BCUT2D eigenvalue weighted by Crippen LogP contribution is -2.43. The smallest absolute Gasteiger partial charge is 0.246 e. The summed E-state index contributed by atoms with van der Waals surface area (Å²) < 4.78 is 46.2. The molecule has 0 amide bonds. The number of hydrogen-bond donors (Lipinski definition) is 0. The molecule has 0 bridgehead atoms. The molecule has 2 aliphatic rings. The summed E-state index contributed by atoms with van der Waals surface area (Å²) in [6.45, 7) is 5.91. The lowest BCUT2D eigenvalue weighted by Gasteiger charge is -2.31. The first kappa shape index (κ1) is 21.4. The number of aromatic nitrogens is 4. The van der Waals surface area contributed by atoms with Crippen LogP contribution in [0.1, 0.15) is 54.7 Å². The molecule has 2 aromatic heterocycles. The number of hydrogen-bond acceptors (Lipinski definition) is 8. The third kappa shape index (κ3) is 4.29. The number of sulfonamides is 1. The van der Waals surface area contributed by atoms with E-state index in [9.17, 15) is 8.42 Å². The van der Waals surface area contributed by atoms with Crippen LogP contribution in [0, 0.1) is 13.8 Å². The summed E-state index contributed by atoms with van der Waals surface area (Å²) in [5, 5.41) is 8.27. The van der Waals surface area contributed by atoms with Gasteiger partial charge < -0.3 is 14.0 Å². The molecule has 0 saturated carbocycles. The monoisotopic (exact) mass is 439 g/mol. The zero-order valence-corrected chi connectivity index (χ0v) is 18.5. The van der Waals surface area contributed by atoms with E-state index >= 15 is 0 Å². The number of ether oxygens (including phenoxy) is 2. The van der Waals surface area contributed by atoms with Gasteiger partial charge in [0, 0.05) is 39.3 Å². The molecule has 2 aromatic rings. The maximum atomic E-state index is 13.2. The molecule has 1 unspecified atom stereocenters. The fourth-order valence-electron chi connectivity index (χ4n) is 4.14. The minimum Gasteiger partial charge on any atom is -0.381 e. The lowest BCUT2D eigenvalue weighted by atomic mass is 10.0. The van der Waals surface area contributed by atoms with Gasteiger partial charge in [-0.05, 0) is 39.5 Å². The van der Waals surface area contributed by atoms with Crippen molar-refractivity contribution in [2.24, 2.45) is 7.05 Å². The first-order valence-corrected chi connectivity index (χ1v) is 11.8. The van der Waals surface area contributed by atoms with Gasteiger partial charge >= 0.3 is 0 Å². The van der Waals surface area contributed by atoms with E-state index in [1.807, 2.05) is 0 Å². The van der Waals surface area contributed by atoms with E-state index in [4.69, 9.17) is 14.0 Å². The summed E-state index contributed by atoms with van der Waals surface area (Å²) >= 11 is 0. The molecule has 30 heavy (non-hydrogen) atoms. The molecule has 0 aromatic carbocycles. The normalized spacial score (nSPS) is 21.9. The van der Waals surface area contributed by atoms with Crippen molar-refractivity contribution >= 4 is 10.0 Å². The highest BCUT2D eigenvalue weighted by Crippen LogP contribution is 2.28. The minimum atomic E-state index is -3.62. The van der Waals surface area contributed by atoms with Gasteiger partial charge in [-0.25, -0.2) is 8.42 Å². The summed E-state index contributed by atoms with van der Waals surface area (Å²) in [5.41, 5.74) is 1.16. The van der Waals surface area contributed by atoms with Gasteiger partial charge in [0.05, 0.1) is 17.5 Å². The van der Waals surface area contributed by atoms with E-state index in [0.29, 0.717) is 54.3 Å². The Bertz CT molecular complexity index is 980. The quantitative estimate of drug-likeness (QED) is 0.668. The van der Waals surface area contributed by atoms with E-state index in [0.717, 1.165) is 25.7 Å². The van der Waals surface area contributed by atoms with Crippen LogP contribution >= 0.6 is 0 Å². The van der Waals surface area contributed by atoms with Crippen molar-refractivity contribution in [2.45, 2.75) is 63.1 Å². The van der Waals surface area contributed by atoms with Crippen LogP contribution in [-0.4, -0.2) is 65.1 Å². The van der Waals surface area contributed by atoms with Gasteiger partial charge in [-0.2, -0.15) is 14.4 Å². The van der Waals surface area contributed by atoms with E-state index in [2.05, 4.69) is 15.2 Å². The minimum absolute atomic E-state index is 0.205. The molecular formula is C19H29N5O5S. The van der Waals surface area contributed by atoms with Crippen LogP contribution in [-0.2, 0) is 33.2 Å². The Morgan fingerprint density at radius 3 is 2.67 bits per heavy atom. The second kappa shape index (κ2) is 8.74. The largest absolute Gasteiger partial charge is 0.381 e. The van der Waals surface area contributed by atoms with Crippen LogP contribution in [0.2, 0.25) is 0 Å². The summed E-state index contributed by atoms with van der Waals surface area (Å²) in [6.07, 6.45) is 3.08. The maximum Gasteiger partial charge on any atom is 0.246 e. The van der Waals surface area contributed by atoms with Gasteiger partial charge in [0.15, 0.2) is 5.82 Å². The third-order valence-electron chi connectivity index (χ3n) is 5.88. The molecule has 1 atom stereocenters. The molecule has 2 fully saturated rings. The van der Waals surface area contributed by atoms with Crippen molar-refractivity contribution in [1.29, 1.82) is 0 Å². The van der Waals surface area contributed by atoms with Gasteiger partial charge in [-0.1, -0.05) is 5.16 Å². The molecule has 4 rings (SSSR count). The topological polar surface area (TPSA) is 113 Å². The predicted molar refractivity (Wildman–Crippen MR) is 106 cm³/mol. The molecule has 4 heterocycles. The maximum absolute atomic E-state index is 13.2. The van der Waals surface area contributed by atoms with Crippen LogP contribution in [0.15, 0.2) is 9.42 Å². The predicted octanol–water partition coefficient (Wildman–Crippen LogP) is 1.68. The van der Waals surface area contributed by atoms with Crippen LogP contribution < -0.4 is 0 Å². The average Bonchev–Trinajstić information content (AvgIpc) is 3.31. The Balaban J connectivity index is 1.38. The Kier molecular flexibility index (Phi) is 6.24. The summed E-state index contributed by atoms with van der Waals surface area (Å²) in [6, 6.07) is 0. The van der Waals surface area contributed by atoms with Crippen LogP contribution in [0.4, 0.5) is 0 Å². The van der Waals surface area contributed by atoms with E-state index in [-0.39, 0.29) is 18.6 Å². The van der Waals surface area contributed by atoms with E-state index in [1.54, 1.807) is 25.6 Å². The standard InChI is InChI=1S/C19H29N5O5S/c1-13-18(14(2)23(3)21-13)30(25,26)24-8-4-5-16(11-24)28-12-17-20-19(29-22-17)15-6-9-27-10-7-15/h15-16H,4-12H2,1-3H3. The van der Waals surface area contributed by atoms with Gasteiger partial charge in [0.2, 0.25) is 15.9 Å². The van der Waals surface area contributed by atoms with Crippen molar-refractivity contribution in [3.8, 4) is 0 Å². The zero-order valence-electron chi connectivity index (χ0n) is 17.7. The van der Waals surface area contributed by atoms with Crippen molar-refractivity contribution < 1.29 is 22.4 Å². The van der Waals surface area contributed by atoms with Crippen molar-refractivity contribution in [2.75, 3.05) is 26.3 Å². The Morgan fingerprint density at radius 2 is 1.97 bits per heavy atom. The van der Waals surface area contributed by atoms with Gasteiger partial charge in [-0.15, -0.1) is 0 Å². The average molecular weight is 440 g/mol. The Morgan fingerprint density at radius 1 is 1.20 bits per heavy atom. The first-order valence-electron chi connectivity index (χ1n) is 10.4. The van der Waals surface area contributed by atoms with Gasteiger partial charge in [-0.3, -0.25) is 4.68 Å². The van der Waals surface area contributed by atoms with E-state index in [1.165, 1.54) is 4.31 Å². The fourth-order valence-corrected chi connectivity index (χ4v) is 6.05. The molecule has 0 spiro atoms. The SMILES string of the molecule is Cc1nn(C)c(C)c1S(=O)(=O)N1CCCC(OCc2noc(C3CCOCC3)n2)C1. The third-order valence-corrected chi connectivity index (χ3v) is 8.00. The molecule has 2 aliphatic heterocycles. The fraction of sp³-hybridized carbons (Fsp3) is 0.737. The molecule has 0 radical (unpaired) electrons. The number of aryl methyl sites for hydroxylation is 2. The molecular weight excluding hydrogens is 410 g/mol. The summed E-state index contributed by atoms with van der Waals surface area (Å²) in [4.78, 5) is 4.75. The lowest BCUT2D eigenvalue weighted by molar-refractivity contribution is 0.00437. The van der Waals surface area contributed by atoms with Gasteiger partial charge in [0.25, 0.3) is 0 Å². The highest BCUT2D eigenvalue weighted by Gasteiger charge is 2.34. The Labute approximate surface area is 176 Å². The molecule has 10 nitrogen and oxygen atoms in total. The summed E-state index contributed by atoms with van der Waals surface area (Å²) in [7, 11) is -1.87. The second-order valence-electron chi connectivity index (χ2n) is 8.00. The van der Waals surface area contributed by atoms with Crippen molar-refractivity contribution in [3.05, 3.63) is 23.1 Å². The van der Waals surface area contributed by atoms with Crippen LogP contribution in [0.3, 0.4) is 0 Å². The molecule has 0 N–H and O–H groups in total. The number of piperidine rings is 1. The molecule has 166 valence electrons. The van der Waals surface area contributed by atoms with Gasteiger partial charge in [0.1, 0.15) is 11.5 Å².